The largest absolute Gasteiger partial charge is 0.343 e. The molecule has 0 spiro atoms. The van der Waals surface area contributed by atoms with Crippen molar-refractivity contribution in [1.29, 1.82) is 0 Å². The molecule has 1 saturated heterocycles. The quantitative estimate of drug-likeness (QED) is 0.790. The molecule has 0 unspecified atom stereocenters. The van der Waals surface area contributed by atoms with Gasteiger partial charge in [-0.25, -0.2) is 9.37 Å². The van der Waals surface area contributed by atoms with Crippen LogP contribution in [-0.2, 0) is 6.54 Å². The number of pyridine rings is 1. The highest BCUT2D eigenvalue weighted by molar-refractivity contribution is 5.76. The van der Waals surface area contributed by atoms with Crippen LogP contribution in [0.4, 0.5) is 4.39 Å². The Morgan fingerprint density at radius 1 is 1.22 bits per heavy atom. The van der Waals surface area contributed by atoms with E-state index in [0.29, 0.717) is 12.5 Å². The van der Waals surface area contributed by atoms with Crippen LogP contribution in [0, 0.1) is 5.82 Å². The van der Waals surface area contributed by atoms with Gasteiger partial charge in [-0.15, -0.1) is 0 Å². The Balaban J connectivity index is 1.51. The average Bonchev–Trinajstić information content (AvgIpc) is 3.01. The molecule has 3 aromatic rings. The Labute approximate surface area is 135 Å². The van der Waals surface area contributed by atoms with Crippen molar-refractivity contribution in [3.8, 4) is 0 Å². The van der Waals surface area contributed by atoms with Crippen molar-refractivity contribution in [2.75, 3.05) is 13.1 Å². The maximum absolute atomic E-state index is 13.9. The van der Waals surface area contributed by atoms with Crippen molar-refractivity contribution in [3.05, 3.63) is 65.7 Å². The van der Waals surface area contributed by atoms with E-state index in [2.05, 4.69) is 27.0 Å². The van der Waals surface area contributed by atoms with Crippen LogP contribution in [0.3, 0.4) is 0 Å². The van der Waals surface area contributed by atoms with E-state index in [4.69, 9.17) is 0 Å². The van der Waals surface area contributed by atoms with E-state index in [-0.39, 0.29) is 5.82 Å². The molecule has 1 fully saturated rings. The minimum Gasteiger partial charge on any atom is -0.343 e. The van der Waals surface area contributed by atoms with Crippen LogP contribution in [0.15, 0.2) is 48.7 Å². The van der Waals surface area contributed by atoms with Crippen molar-refractivity contribution in [1.82, 2.24) is 14.9 Å². The van der Waals surface area contributed by atoms with Gasteiger partial charge in [0.1, 0.15) is 11.5 Å². The standard InChI is InChI=1S/C19H20FN3/c20-17-8-2-1-5-15(17)12-23-10-4-7-16(13-23)18-11-14-6-3-9-21-19(14)22-18/h1-3,5-6,8-9,11,16H,4,7,10,12-13H2,(H,21,22)/t16-/m1/s1. The molecule has 0 bridgehead atoms. The van der Waals surface area contributed by atoms with Gasteiger partial charge in [-0.3, -0.25) is 4.90 Å². The molecule has 1 aliphatic rings. The van der Waals surface area contributed by atoms with Crippen LogP contribution in [0.1, 0.15) is 30.0 Å². The van der Waals surface area contributed by atoms with Gasteiger partial charge in [-0.1, -0.05) is 18.2 Å². The molecule has 4 heteroatoms. The fourth-order valence-electron chi connectivity index (χ4n) is 3.52. The van der Waals surface area contributed by atoms with Gasteiger partial charge in [-0.2, -0.15) is 0 Å². The van der Waals surface area contributed by atoms with Crippen LogP contribution in [-0.4, -0.2) is 28.0 Å². The van der Waals surface area contributed by atoms with E-state index in [1.807, 2.05) is 24.4 Å². The summed E-state index contributed by atoms with van der Waals surface area (Å²) in [5.74, 6) is 0.356. The van der Waals surface area contributed by atoms with Gasteiger partial charge >= 0.3 is 0 Å². The molecule has 1 aromatic carbocycles. The first kappa shape index (κ1) is 14.4. The Kier molecular flexibility index (Phi) is 3.83. The number of piperidine rings is 1. The van der Waals surface area contributed by atoms with Crippen molar-refractivity contribution >= 4 is 11.0 Å². The first-order chi connectivity index (χ1) is 11.3. The number of halogens is 1. The highest BCUT2D eigenvalue weighted by atomic mass is 19.1. The monoisotopic (exact) mass is 309 g/mol. The molecule has 1 atom stereocenters. The lowest BCUT2D eigenvalue weighted by Crippen LogP contribution is -2.34. The molecule has 3 nitrogen and oxygen atoms in total. The number of nitrogens with zero attached hydrogens (tertiary/aromatic N) is 2. The predicted molar refractivity (Wildman–Crippen MR) is 89.7 cm³/mol. The molecule has 0 radical (unpaired) electrons. The maximum Gasteiger partial charge on any atom is 0.137 e. The van der Waals surface area contributed by atoms with Crippen LogP contribution >= 0.6 is 0 Å². The van der Waals surface area contributed by atoms with Gasteiger partial charge in [0, 0.05) is 41.8 Å². The SMILES string of the molecule is Fc1ccccc1CN1CCC[C@@H](c2cc3cccnc3[nH]2)C1. The molecular weight excluding hydrogens is 289 g/mol. The Hall–Kier alpha value is -2.20. The molecule has 0 aliphatic carbocycles. The van der Waals surface area contributed by atoms with Crippen LogP contribution in [0.25, 0.3) is 11.0 Å². The van der Waals surface area contributed by atoms with Gasteiger partial charge in [0.15, 0.2) is 0 Å². The van der Waals surface area contributed by atoms with Crippen molar-refractivity contribution in [2.24, 2.45) is 0 Å². The fourth-order valence-corrected chi connectivity index (χ4v) is 3.52. The third-order valence-electron chi connectivity index (χ3n) is 4.71. The molecule has 4 rings (SSSR count). The third-order valence-corrected chi connectivity index (χ3v) is 4.71. The topological polar surface area (TPSA) is 31.9 Å². The Morgan fingerprint density at radius 2 is 2.13 bits per heavy atom. The second-order valence-corrected chi connectivity index (χ2v) is 6.33. The number of hydrogen-bond acceptors (Lipinski definition) is 2. The van der Waals surface area contributed by atoms with Crippen LogP contribution in [0.5, 0.6) is 0 Å². The van der Waals surface area contributed by atoms with Gasteiger partial charge in [0.05, 0.1) is 0 Å². The zero-order valence-electron chi connectivity index (χ0n) is 13.0. The van der Waals surface area contributed by atoms with E-state index in [9.17, 15) is 4.39 Å². The molecule has 2 aromatic heterocycles. The summed E-state index contributed by atoms with van der Waals surface area (Å²) in [6.07, 6.45) is 4.12. The second kappa shape index (κ2) is 6.13. The van der Waals surface area contributed by atoms with Gasteiger partial charge in [0.2, 0.25) is 0 Å². The number of hydrogen-bond donors (Lipinski definition) is 1. The smallest absolute Gasteiger partial charge is 0.137 e. The summed E-state index contributed by atoms with van der Waals surface area (Å²) in [4.78, 5) is 10.2. The minimum atomic E-state index is -0.107. The summed E-state index contributed by atoms with van der Waals surface area (Å²) in [5, 5.41) is 1.16. The number of rotatable bonds is 3. The van der Waals surface area contributed by atoms with Crippen molar-refractivity contribution < 1.29 is 4.39 Å². The lowest BCUT2D eigenvalue weighted by atomic mass is 9.94. The van der Waals surface area contributed by atoms with Gasteiger partial charge < -0.3 is 4.98 Å². The Morgan fingerprint density at radius 3 is 3.00 bits per heavy atom. The normalized spacial score (nSPS) is 19.3. The van der Waals surface area contributed by atoms with Gasteiger partial charge in [-0.05, 0) is 43.7 Å². The molecule has 1 N–H and O–H groups in total. The first-order valence-electron chi connectivity index (χ1n) is 8.19. The summed E-state index contributed by atoms with van der Waals surface area (Å²) < 4.78 is 13.9. The maximum atomic E-state index is 13.9. The summed E-state index contributed by atoms with van der Waals surface area (Å²) in [6, 6.07) is 13.3. The van der Waals surface area contributed by atoms with E-state index in [0.717, 1.165) is 36.1 Å². The van der Waals surface area contributed by atoms with E-state index < -0.39 is 0 Å². The minimum absolute atomic E-state index is 0.107. The van der Waals surface area contributed by atoms with Crippen LogP contribution < -0.4 is 0 Å². The molecule has 1 aliphatic heterocycles. The van der Waals surface area contributed by atoms with E-state index in [1.165, 1.54) is 12.1 Å². The van der Waals surface area contributed by atoms with E-state index in [1.54, 1.807) is 12.1 Å². The molecule has 23 heavy (non-hydrogen) atoms. The number of benzene rings is 1. The number of aromatic nitrogens is 2. The Bertz CT molecular complexity index is 778. The highest BCUT2D eigenvalue weighted by Gasteiger charge is 2.23. The number of fused-ring (bicyclic) bond motifs is 1. The van der Waals surface area contributed by atoms with Gasteiger partial charge in [0.25, 0.3) is 0 Å². The lowest BCUT2D eigenvalue weighted by molar-refractivity contribution is 0.196. The number of aromatic amines is 1. The predicted octanol–water partition coefficient (Wildman–Crippen LogP) is 4.08. The zero-order chi connectivity index (χ0) is 15.6. The summed E-state index contributed by atoms with van der Waals surface area (Å²) in [6.45, 7) is 2.67. The fraction of sp³-hybridized carbons (Fsp3) is 0.316. The number of nitrogens with one attached hydrogen (secondary N) is 1. The van der Waals surface area contributed by atoms with Crippen molar-refractivity contribution in [3.63, 3.8) is 0 Å². The summed E-state index contributed by atoms with van der Waals surface area (Å²) >= 11 is 0. The average molecular weight is 309 g/mol. The molecule has 118 valence electrons. The van der Waals surface area contributed by atoms with Crippen LogP contribution in [0.2, 0.25) is 0 Å². The molecule has 0 amide bonds. The number of H-pyrrole nitrogens is 1. The summed E-state index contributed by atoms with van der Waals surface area (Å²) in [7, 11) is 0. The highest BCUT2D eigenvalue weighted by Crippen LogP contribution is 2.29. The lowest BCUT2D eigenvalue weighted by Gasteiger charge is -2.32. The third kappa shape index (κ3) is 2.99. The second-order valence-electron chi connectivity index (χ2n) is 6.33. The molecular formula is C19H20FN3. The van der Waals surface area contributed by atoms with Crippen molar-refractivity contribution in [2.45, 2.75) is 25.3 Å². The molecule has 3 heterocycles. The first-order valence-corrected chi connectivity index (χ1v) is 8.19. The zero-order valence-corrected chi connectivity index (χ0v) is 13.0. The van der Waals surface area contributed by atoms with E-state index >= 15 is 0 Å². The number of likely N-dealkylation sites (tertiary alicyclic amines) is 1. The molecule has 0 saturated carbocycles. The summed E-state index contributed by atoms with van der Waals surface area (Å²) in [5.41, 5.74) is 2.98.